The third-order valence-electron chi connectivity index (χ3n) is 4.26. The van der Waals surface area contributed by atoms with Crippen molar-refractivity contribution in [3.63, 3.8) is 0 Å². The van der Waals surface area contributed by atoms with Crippen molar-refractivity contribution in [1.29, 1.82) is 0 Å². The van der Waals surface area contributed by atoms with Crippen LogP contribution in [-0.4, -0.2) is 24.5 Å². The Bertz CT molecular complexity index is 390. The van der Waals surface area contributed by atoms with Gasteiger partial charge in [-0.3, -0.25) is 0 Å². The minimum absolute atomic E-state index is 0.156. The van der Waals surface area contributed by atoms with Gasteiger partial charge in [0, 0.05) is 10.5 Å². The van der Waals surface area contributed by atoms with Crippen molar-refractivity contribution in [1.82, 2.24) is 4.90 Å². The van der Waals surface area contributed by atoms with Gasteiger partial charge in [0.25, 0.3) is 0 Å². The molecule has 0 amide bonds. The molecule has 2 rings (SSSR count). The molecule has 0 bridgehead atoms. The van der Waals surface area contributed by atoms with Gasteiger partial charge in [0.15, 0.2) is 0 Å². The molecule has 2 nitrogen and oxygen atoms in total. The summed E-state index contributed by atoms with van der Waals surface area (Å²) >= 11 is 3.46. The van der Waals surface area contributed by atoms with Crippen LogP contribution in [0.15, 0.2) is 28.7 Å². The third-order valence-corrected chi connectivity index (χ3v) is 4.79. The molecular formula is C16H25BrN2. The molecule has 1 aromatic carbocycles. The van der Waals surface area contributed by atoms with Crippen LogP contribution in [0.3, 0.4) is 0 Å². The molecule has 2 N–H and O–H groups in total. The number of hydrogen-bond acceptors (Lipinski definition) is 2. The highest BCUT2D eigenvalue weighted by Crippen LogP contribution is 2.30. The average molecular weight is 325 g/mol. The summed E-state index contributed by atoms with van der Waals surface area (Å²) in [6, 6.07) is 8.53. The lowest BCUT2D eigenvalue weighted by Crippen LogP contribution is -2.38. The number of piperidine rings is 1. The predicted molar refractivity (Wildman–Crippen MR) is 85.1 cm³/mol. The van der Waals surface area contributed by atoms with Crippen molar-refractivity contribution >= 4 is 15.9 Å². The molecule has 3 heteroatoms. The van der Waals surface area contributed by atoms with Gasteiger partial charge < -0.3 is 10.6 Å². The number of rotatable bonds is 4. The van der Waals surface area contributed by atoms with E-state index in [1.807, 2.05) is 0 Å². The quantitative estimate of drug-likeness (QED) is 0.908. The molecule has 0 spiro atoms. The van der Waals surface area contributed by atoms with Crippen LogP contribution in [0.1, 0.15) is 44.7 Å². The van der Waals surface area contributed by atoms with Crippen LogP contribution in [0.25, 0.3) is 0 Å². The molecule has 0 radical (unpaired) electrons. The fraction of sp³-hybridized carbons (Fsp3) is 0.625. The Balaban J connectivity index is 1.78. The van der Waals surface area contributed by atoms with E-state index in [2.05, 4.69) is 58.9 Å². The summed E-state index contributed by atoms with van der Waals surface area (Å²) in [7, 11) is 0. The molecule has 1 aliphatic rings. The molecule has 0 aliphatic carbocycles. The van der Waals surface area contributed by atoms with Crippen molar-refractivity contribution < 1.29 is 0 Å². The molecular weight excluding hydrogens is 300 g/mol. The fourth-order valence-electron chi connectivity index (χ4n) is 2.58. The lowest BCUT2D eigenvalue weighted by atomic mass is 9.82. The minimum atomic E-state index is 0.156. The zero-order chi connectivity index (χ0) is 13.9. The van der Waals surface area contributed by atoms with Crippen molar-refractivity contribution in [3.05, 3.63) is 34.3 Å². The normalized spacial score (nSPS) is 21.3. The lowest BCUT2D eigenvalue weighted by molar-refractivity contribution is 0.129. The molecule has 0 saturated carbocycles. The second kappa shape index (κ2) is 6.38. The summed E-state index contributed by atoms with van der Waals surface area (Å²) in [4.78, 5) is 2.56. The molecule has 1 aromatic rings. The Labute approximate surface area is 125 Å². The molecule has 1 fully saturated rings. The first-order valence-corrected chi connectivity index (χ1v) is 7.99. The van der Waals surface area contributed by atoms with Gasteiger partial charge in [0.05, 0.1) is 0 Å². The summed E-state index contributed by atoms with van der Waals surface area (Å²) < 4.78 is 1.11. The SMILES string of the molecule is CC1(C)CCN(CCC(N)c2ccc(Br)cc2)CC1. The van der Waals surface area contributed by atoms with Gasteiger partial charge in [-0.05, 0) is 62.0 Å². The summed E-state index contributed by atoms with van der Waals surface area (Å²) in [6.45, 7) is 8.31. The molecule has 19 heavy (non-hydrogen) atoms. The molecule has 1 heterocycles. The Kier molecular flexibility index (Phi) is 5.04. The molecule has 0 aromatic heterocycles. The first-order valence-electron chi connectivity index (χ1n) is 7.20. The third kappa shape index (κ3) is 4.59. The second-order valence-corrected chi connectivity index (χ2v) is 7.37. The van der Waals surface area contributed by atoms with Crippen LogP contribution in [0.2, 0.25) is 0 Å². The standard InChI is InChI=1S/C16H25BrN2/c1-16(2)8-11-19(12-9-16)10-7-15(18)13-3-5-14(17)6-4-13/h3-6,15H,7-12,18H2,1-2H3. The zero-order valence-corrected chi connectivity index (χ0v) is 13.6. The van der Waals surface area contributed by atoms with E-state index < -0.39 is 0 Å². The van der Waals surface area contributed by atoms with Crippen molar-refractivity contribution in [2.75, 3.05) is 19.6 Å². The van der Waals surface area contributed by atoms with Crippen LogP contribution < -0.4 is 5.73 Å². The summed E-state index contributed by atoms with van der Waals surface area (Å²) in [5, 5.41) is 0. The van der Waals surface area contributed by atoms with E-state index in [1.165, 1.54) is 31.5 Å². The Morgan fingerprint density at radius 3 is 2.37 bits per heavy atom. The highest BCUT2D eigenvalue weighted by Gasteiger charge is 2.25. The van der Waals surface area contributed by atoms with Gasteiger partial charge in [-0.2, -0.15) is 0 Å². The second-order valence-electron chi connectivity index (χ2n) is 6.45. The Morgan fingerprint density at radius 2 is 1.79 bits per heavy atom. The first kappa shape index (κ1) is 15.0. The molecule has 1 unspecified atom stereocenters. The monoisotopic (exact) mass is 324 g/mol. The number of halogens is 1. The summed E-state index contributed by atoms with van der Waals surface area (Å²) in [6.07, 6.45) is 3.66. The van der Waals surface area contributed by atoms with Crippen LogP contribution in [0.4, 0.5) is 0 Å². The van der Waals surface area contributed by atoms with Gasteiger partial charge in [-0.15, -0.1) is 0 Å². The maximum absolute atomic E-state index is 6.27. The summed E-state index contributed by atoms with van der Waals surface area (Å²) in [5.41, 5.74) is 8.04. The van der Waals surface area contributed by atoms with E-state index >= 15 is 0 Å². The smallest absolute Gasteiger partial charge is 0.0307 e. The maximum atomic E-state index is 6.27. The first-order chi connectivity index (χ1) is 8.96. The van der Waals surface area contributed by atoms with Gasteiger partial charge >= 0.3 is 0 Å². The van der Waals surface area contributed by atoms with E-state index in [-0.39, 0.29) is 6.04 Å². The van der Waals surface area contributed by atoms with Gasteiger partial charge in [0.1, 0.15) is 0 Å². The van der Waals surface area contributed by atoms with Gasteiger partial charge in [-0.1, -0.05) is 41.9 Å². The van der Waals surface area contributed by atoms with E-state index in [0.29, 0.717) is 5.41 Å². The van der Waals surface area contributed by atoms with Crippen LogP contribution >= 0.6 is 15.9 Å². The number of nitrogens with zero attached hydrogens (tertiary/aromatic N) is 1. The Morgan fingerprint density at radius 1 is 1.21 bits per heavy atom. The van der Waals surface area contributed by atoms with Crippen LogP contribution in [0.5, 0.6) is 0 Å². The highest BCUT2D eigenvalue weighted by atomic mass is 79.9. The van der Waals surface area contributed by atoms with E-state index in [4.69, 9.17) is 5.73 Å². The van der Waals surface area contributed by atoms with E-state index in [1.54, 1.807) is 0 Å². The number of likely N-dealkylation sites (tertiary alicyclic amines) is 1. The van der Waals surface area contributed by atoms with Crippen LogP contribution in [0, 0.1) is 5.41 Å². The number of benzene rings is 1. The molecule has 1 aliphatic heterocycles. The minimum Gasteiger partial charge on any atom is -0.324 e. The lowest BCUT2D eigenvalue weighted by Gasteiger charge is -2.37. The Hall–Kier alpha value is -0.380. The van der Waals surface area contributed by atoms with Gasteiger partial charge in [-0.25, -0.2) is 0 Å². The highest BCUT2D eigenvalue weighted by molar-refractivity contribution is 9.10. The van der Waals surface area contributed by atoms with Crippen LogP contribution in [-0.2, 0) is 0 Å². The number of nitrogens with two attached hydrogens (primary N) is 1. The number of hydrogen-bond donors (Lipinski definition) is 1. The van der Waals surface area contributed by atoms with Gasteiger partial charge in [0.2, 0.25) is 0 Å². The fourth-order valence-corrected chi connectivity index (χ4v) is 2.84. The predicted octanol–water partition coefficient (Wildman–Crippen LogP) is 3.96. The largest absolute Gasteiger partial charge is 0.324 e. The molecule has 1 saturated heterocycles. The van der Waals surface area contributed by atoms with E-state index in [0.717, 1.165) is 17.4 Å². The maximum Gasteiger partial charge on any atom is 0.0307 e. The summed E-state index contributed by atoms with van der Waals surface area (Å²) in [5.74, 6) is 0. The molecule has 1 atom stereocenters. The van der Waals surface area contributed by atoms with Crippen molar-refractivity contribution in [2.24, 2.45) is 11.1 Å². The van der Waals surface area contributed by atoms with Crippen molar-refractivity contribution in [2.45, 2.75) is 39.2 Å². The topological polar surface area (TPSA) is 29.3 Å². The van der Waals surface area contributed by atoms with Crippen molar-refractivity contribution in [3.8, 4) is 0 Å². The molecule has 106 valence electrons. The zero-order valence-electron chi connectivity index (χ0n) is 12.0. The van der Waals surface area contributed by atoms with E-state index in [9.17, 15) is 0 Å². The average Bonchev–Trinajstić information content (AvgIpc) is 2.38.